The van der Waals surface area contributed by atoms with E-state index in [4.69, 9.17) is 11.6 Å². The van der Waals surface area contributed by atoms with Crippen molar-refractivity contribution in [3.8, 4) is 0 Å². The Bertz CT molecular complexity index is 821. The number of ketones is 1. The Kier molecular flexibility index (Phi) is 4.10. The number of nitrogens with zero attached hydrogens (tertiary/aromatic N) is 4. The number of fused-ring (bicyclic) bond motifs is 1. The number of carbonyl (C=O) groups is 2. The quantitative estimate of drug-likeness (QED) is 0.783. The smallest absolute Gasteiger partial charge is 0.303 e. The highest BCUT2D eigenvalue weighted by Gasteiger charge is 2.38. The summed E-state index contributed by atoms with van der Waals surface area (Å²) >= 11 is 5.95. The lowest BCUT2D eigenvalue weighted by molar-refractivity contribution is -0.899. The number of rotatable bonds is 3. The van der Waals surface area contributed by atoms with E-state index in [1.807, 2.05) is 0 Å². The first-order valence-electron chi connectivity index (χ1n) is 8.15. The van der Waals surface area contributed by atoms with E-state index >= 15 is 0 Å². The molecular formula is C17H17ClN5O2+. The van der Waals surface area contributed by atoms with Gasteiger partial charge in [-0.3, -0.25) is 14.5 Å². The lowest BCUT2D eigenvalue weighted by Crippen LogP contribution is -3.16. The molecule has 0 aliphatic carbocycles. The first-order valence-corrected chi connectivity index (χ1v) is 8.52. The number of hydrogen-bond acceptors (Lipinski definition) is 5. The Morgan fingerprint density at radius 1 is 1.12 bits per heavy atom. The van der Waals surface area contributed by atoms with Crippen molar-refractivity contribution in [1.29, 1.82) is 0 Å². The molecule has 2 aromatic rings. The van der Waals surface area contributed by atoms with Gasteiger partial charge in [-0.15, -0.1) is 0 Å². The molecule has 0 saturated carbocycles. The van der Waals surface area contributed by atoms with Gasteiger partial charge in [-0.25, -0.2) is 9.97 Å². The number of piperazine rings is 1. The Balaban J connectivity index is 1.44. The molecule has 25 heavy (non-hydrogen) atoms. The van der Waals surface area contributed by atoms with Crippen molar-refractivity contribution in [1.82, 2.24) is 9.97 Å². The minimum Gasteiger partial charge on any atom is -0.330 e. The molecule has 2 aliphatic heterocycles. The van der Waals surface area contributed by atoms with E-state index in [0.717, 1.165) is 32.1 Å². The van der Waals surface area contributed by atoms with E-state index in [1.54, 1.807) is 41.6 Å². The summed E-state index contributed by atoms with van der Waals surface area (Å²) in [6.45, 7) is 3.78. The molecule has 1 fully saturated rings. The number of hydrogen-bond donors (Lipinski definition) is 1. The molecule has 4 rings (SSSR count). The summed E-state index contributed by atoms with van der Waals surface area (Å²) in [7, 11) is 0. The maximum Gasteiger partial charge on any atom is 0.303 e. The molecule has 7 nitrogen and oxygen atoms in total. The van der Waals surface area contributed by atoms with Crippen molar-refractivity contribution in [2.24, 2.45) is 0 Å². The summed E-state index contributed by atoms with van der Waals surface area (Å²) in [6.07, 6.45) is 3.47. The van der Waals surface area contributed by atoms with E-state index in [9.17, 15) is 9.59 Å². The van der Waals surface area contributed by atoms with Gasteiger partial charge in [-0.05, 0) is 24.3 Å². The van der Waals surface area contributed by atoms with Gasteiger partial charge < -0.3 is 9.80 Å². The molecule has 0 radical (unpaired) electrons. The molecule has 0 atom stereocenters. The van der Waals surface area contributed by atoms with Gasteiger partial charge in [0, 0.05) is 17.4 Å². The second-order valence-electron chi connectivity index (χ2n) is 6.17. The van der Waals surface area contributed by atoms with Crippen LogP contribution in [0.1, 0.15) is 10.4 Å². The molecule has 1 amide bonds. The minimum atomic E-state index is -0.478. The average Bonchev–Trinajstić information content (AvgIpc) is 2.88. The molecule has 1 saturated heterocycles. The summed E-state index contributed by atoms with van der Waals surface area (Å²) in [5, 5.41) is 0.463. The first-order chi connectivity index (χ1) is 12.1. The second kappa shape index (κ2) is 6.42. The Morgan fingerprint density at radius 2 is 1.84 bits per heavy atom. The Labute approximate surface area is 149 Å². The normalized spacial score (nSPS) is 18.0. The van der Waals surface area contributed by atoms with Gasteiger partial charge in [0.25, 0.3) is 5.78 Å². The van der Waals surface area contributed by atoms with Crippen molar-refractivity contribution < 1.29 is 14.5 Å². The Hall–Kier alpha value is -2.51. The fourth-order valence-corrected chi connectivity index (χ4v) is 3.46. The standard InChI is InChI=1S/C17H16ClN5O2/c18-12-2-3-14-13(10-12)15(24)16(25)23(14)11-21-6-8-22(9-7-21)17-19-4-1-5-20-17/h1-5,10H,6-9,11H2/p+1. The van der Waals surface area contributed by atoms with Gasteiger partial charge in [-0.2, -0.15) is 0 Å². The van der Waals surface area contributed by atoms with Crippen LogP contribution in [0, 0.1) is 0 Å². The molecule has 8 heteroatoms. The Morgan fingerprint density at radius 3 is 2.56 bits per heavy atom. The maximum absolute atomic E-state index is 12.3. The largest absolute Gasteiger partial charge is 0.330 e. The number of carbonyl (C=O) groups excluding carboxylic acids is 2. The van der Waals surface area contributed by atoms with Crippen LogP contribution in [-0.2, 0) is 4.79 Å². The summed E-state index contributed by atoms with van der Waals surface area (Å²) in [5.74, 6) is -0.222. The zero-order valence-corrected chi connectivity index (χ0v) is 14.2. The molecule has 1 aromatic heterocycles. The van der Waals surface area contributed by atoms with E-state index in [1.165, 1.54) is 4.90 Å². The number of Topliss-reactive ketones (excluding diaryl/α,β-unsaturated/α-hetero) is 1. The molecule has 3 heterocycles. The predicted molar refractivity (Wildman–Crippen MR) is 93.1 cm³/mol. The number of halogens is 1. The fraction of sp³-hybridized carbons (Fsp3) is 0.294. The molecule has 1 aromatic carbocycles. The van der Waals surface area contributed by atoms with Crippen molar-refractivity contribution >= 4 is 34.9 Å². The monoisotopic (exact) mass is 358 g/mol. The van der Waals surface area contributed by atoms with E-state index in [0.29, 0.717) is 22.9 Å². The van der Waals surface area contributed by atoms with Crippen LogP contribution < -0.4 is 14.7 Å². The van der Waals surface area contributed by atoms with Crippen LogP contribution >= 0.6 is 11.6 Å². The zero-order chi connectivity index (χ0) is 17.4. The SMILES string of the molecule is O=C1C(=O)N(C[NH+]2CCN(c3ncccn3)CC2)c2ccc(Cl)cc21. The number of benzene rings is 1. The fourth-order valence-electron chi connectivity index (χ4n) is 3.29. The topological polar surface area (TPSA) is 70.8 Å². The number of quaternary nitrogens is 1. The third-order valence-electron chi connectivity index (χ3n) is 4.62. The lowest BCUT2D eigenvalue weighted by Gasteiger charge is -2.33. The summed E-state index contributed by atoms with van der Waals surface area (Å²) < 4.78 is 0. The molecular weight excluding hydrogens is 342 g/mol. The average molecular weight is 359 g/mol. The van der Waals surface area contributed by atoms with Gasteiger partial charge >= 0.3 is 5.91 Å². The van der Waals surface area contributed by atoms with Gasteiger partial charge in [-0.1, -0.05) is 11.6 Å². The third-order valence-corrected chi connectivity index (χ3v) is 4.86. The lowest BCUT2D eigenvalue weighted by atomic mass is 10.1. The highest BCUT2D eigenvalue weighted by atomic mass is 35.5. The molecule has 2 aliphatic rings. The highest BCUT2D eigenvalue weighted by Crippen LogP contribution is 2.30. The predicted octanol–water partition coefficient (Wildman–Crippen LogP) is 0.0219. The number of anilines is 2. The summed E-state index contributed by atoms with van der Waals surface area (Å²) in [4.78, 5) is 38.0. The third kappa shape index (κ3) is 2.96. The second-order valence-corrected chi connectivity index (χ2v) is 6.60. The molecule has 0 unspecified atom stereocenters. The number of nitrogens with one attached hydrogen (secondary N) is 1. The molecule has 0 bridgehead atoms. The van der Waals surface area contributed by atoms with Crippen molar-refractivity contribution in [2.45, 2.75) is 0 Å². The van der Waals surface area contributed by atoms with Gasteiger partial charge in [0.05, 0.1) is 37.4 Å². The van der Waals surface area contributed by atoms with Gasteiger partial charge in [0.15, 0.2) is 6.67 Å². The van der Waals surface area contributed by atoms with Crippen LogP contribution in [0.4, 0.5) is 11.6 Å². The molecule has 0 spiro atoms. The van der Waals surface area contributed by atoms with Crippen LogP contribution in [0.3, 0.4) is 0 Å². The van der Waals surface area contributed by atoms with E-state index < -0.39 is 11.7 Å². The maximum atomic E-state index is 12.3. The molecule has 128 valence electrons. The van der Waals surface area contributed by atoms with E-state index in [-0.39, 0.29) is 0 Å². The van der Waals surface area contributed by atoms with Crippen LogP contribution in [0.25, 0.3) is 0 Å². The van der Waals surface area contributed by atoms with Crippen LogP contribution in [-0.4, -0.2) is 54.5 Å². The van der Waals surface area contributed by atoms with Crippen LogP contribution in [0.15, 0.2) is 36.7 Å². The summed E-state index contributed by atoms with van der Waals surface area (Å²) in [5.41, 5.74) is 1.05. The van der Waals surface area contributed by atoms with Gasteiger partial charge in [0.2, 0.25) is 5.95 Å². The van der Waals surface area contributed by atoms with Gasteiger partial charge in [0.1, 0.15) is 0 Å². The number of amides is 1. The van der Waals surface area contributed by atoms with Crippen molar-refractivity contribution in [3.63, 3.8) is 0 Å². The number of aromatic nitrogens is 2. The highest BCUT2D eigenvalue weighted by molar-refractivity contribution is 6.52. The minimum absolute atomic E-state index is 0.397. The molecule has 1 N–H and O–H groups in total. The van der Waals surface area contributed by atoms with E-state index in [2.05, 4.69) is 14.9 Å². The van der Waals surface area contributed by atoms with Crippen molar-refractivity contribution in [2.75, 3.05) is 42.6 Å². The zero-order valence-electron chi connectivity index (χ0n) is 13.5. The van der Waals surface area contributed by atoms with Crippen molar-refractivity contribution in [3.05, 3.63) is 47.2 Å². The first kappa shape index (κ1) is 16.0. The summed E-state index contributed by atoms with van der Waals surface area (Å²) in [6, 6.07) is 6.81. The van der Waals surface area contributed by atoms with Crippen LogP contribution in [0.5, 0.6) is 0 Å². The van der Waals surface area contributed by atoms with Crippen LogP contribution in [0.2, 0.25) is 5.02 Å².